The maximum Gasteiger partial charge on any atom is 0.320 e. The minimum Gasteiger partial charge on any atom is -0.420 e. The molecule has 1 N–H and O–H groups in total. The normalized spacial score (nSPS) is 11.3. The summed E-state index contributed by atoms with van der Waals surface area (Å²) in [5.41, 5.74) is -0.852. The number of amides is 1. The van der Waals surface area contributed by atoms with Crippen LogP contribution in [0.2, 0.25) is 0 Å². The topological polar surface area (TPSA) is 55.4 Å². The number of esters is 1. The molecule has 0 unspecified atom stereocenters. The molecule has 0 saturated carbocycles. The van der Waals surface area contributed by atoms with Crippen molar-refractivity contribution in [2.45, 2.75) is 40.5 Å². The first kappa shape index (κ1) is 19.9. The third-order valence-corrected chi connectivity index (χ3v) is 3.16. The molecule has 1 rings (SSSR count). The van der Waals surface area contributed by atoms with E-state index in [4.69, 9.17) is 0 Å². The lowest BCUT2D eigenvalue weighted by Gasteiger charge is -2.17. The first-order valence-corrected chi connectivity index (χ1v) is 7.24. The zero-order valence-electron chi connectivity index (χ0n) is 13.9. The summed E-state index contributed by atoms with van der Waals surface area (Å²) >= 11 is 0. The Labute approximate surface area is 137 Å². The largest absolute Gasteiger partial charge is 0.420 e. The second-order valence-electron chi connectivity index (χ2n) is 6.52. The molecule has 0 atom stereocenters. The molecule has 4 nitrogen and oxygen atoms in total. The van der Waals surface area contributed by atoms with Crippen LogP contribution in [0.25, 0.3) is 0 Å². The average molecular weight is 349 g/mol. The number of nitrogens with one attached hydrogen (secondary N) is 1. The highest BCUT2D eigenvalue weighted by atomic mass is 19.2. The molecule has 0 aliphatic heterocycles. The van der Waals surface area contributed by atoms with Gasteiger partial charge in [0.25, 0.3) is 0 Å². The Morgan fingerprint density at radius 1 is 1.00 bits per heavy atom. The van der Waals surface area contributed by atoms with Crippen molar-refractivity contribution >= 4 is 11.9 Å². The van der Waals surface area contributed by atoms with Gasteiger partial charge in [-0.2, -0.15) is 4.39 Å². The Kier molecular flexibility index (Phi) is 6.34. The van der Waals surface area contributed by atoms with Gasteiger partial charge in [0.05, 0.1) is 0 Å². The summed E-state index contributed by atoms with van der Waals surface area (Å²) < 4.78 is 58.0. The highest BCUT2D eigenvalue weighted by Crippen LogP contribution is 2.29. The van der Waals surface area contributed by atoms with Crippen LogP contribution in [-0.4, -0.2) is 18.4 Å². The number of benzene rings is 1. The van der Waals surface area contributed by atoms with Crippen LogP contribution >= 0.6 is 0 Å². The first-order valence-electron chi connectivity index (χ1n) is 7.24. The van der Waals surface area contributed by atoms with Crippen molar-refractivity contribution in [1.82, 2.24) is 5.32 Å². The van der Waals surface area contributed by atoms with Crippen molar-refractivity contribution in [2.24, 2.45) is 5.41 Å². The molecular weight excluding hydrogens is 330 g/mol. The fraction of sp³-hybridized carbons (Fsp3) is 0.500. The average Bonchev–Trinajstić information content (AvgIpc) is 2.46. The summed E-state index contributed by atoms with van der Waals surface area (Å²) in [6.07, 6.45) is -0.152. The standard InChI is InChI=1S/C16H19F4NO3/c1-8-11(17)13(19)14(20)15(12(8)18)24-10(23)7-9(22)21-6-5-16(2,3)4/h5-7H2,1-4H3,(H,21,22). The number of hydrogen-bond acceptors (Lipinski definition) is 3. The van der Waals surface area contributed by atoms with E-state index in [2.05, 4.69) is 10.1 Å². The number of rotatable bonds is 5. The van der Waals surface area contributed by atoms with Crippen molar-refractivity contribution in [3.8, 4) is 5.75 Å². The number of ether oxygens (including phenoxy) is 1. The van der Waals surface area contributed by atoms with E-state index in [1.165, 1.54) is 0 Å². The monoisotopic (exact) mass is 349 g/mol. The molecule has 0 bridgehead atoms. The third kappa shape index (κ3) is 5.21. The van der Waals surface area contributed by atoms with Crippen molar-refractivity contribution in [1.29, 1.82) is 0 Å². The Hall–Kier alpha value is -2.12. The van der Waals surface area contributed by atoms with Crippen LogP contribution in [0.4, 0.5) is 17.6 Å². The lowest BCUT2D eigenvalue weighted by Crippen LogP contribution is -2.30. The van der Waals surface area contributed by atoms with E-state index in [0.717, 1.165) is 6.92 Å². The van der Waals surface area contributed by atoms with Gasteiger partial charge in [0.2, 0.25) is 17.5 Å². The van der Waals surface area contributed by atoms with E-state index in [-0.39, 0.29) is 5.41 Å². The Balaban J connectivity index is 2.71. The molecule has 24 heavy (non-hydrogen) atoms. The van der Waals surface area contributed by atoms with E-state index in [9.17, 15) is 27.2 Å². The van der Waals surface area contributed by atoms with E-state index in [1.54, 1.807) is 0 Å². The van der Waals surface area contributed by atoms with Crippen LogP contribution in [0, 0.1) is 35.6 Å². The van der Waals surface area contributed by atoms with Crippen LogP contribution in [0.15, 0.2) is 0 Å². The third-order valence-electron chi connectivity index (χ3n) is 3.16. The molecule has 0 radical (unpaired) electrons. The highest BCUT2D eigenvalue weighted by molar-refractivity contribution is 5.95. The molecule has 0 aliphatic rings. The summed E-state index contributed by atoms with van der Waals surface area (Å²) in [4.78, 5) is 23.1. The van der Waals surface area contributed by atoms with E-state index in [1.807, 2.05) is 20.8 Å². The molecule has 0 spiro atoms. The van der Waals surface area contributed by atoms with Gasteiger partial charge in [-0.15, -0.1) is 0 Å². The van der Waals surface area contributed by atoms with Gasteiger partial charge in [0, 0.05) is 12.1 Å². The molecular formula is C16H19F4NO3. The zero-order valence-corrected chi connectivity index (χ0v) is 13.9. The molecule has 1 aromatic rings. The van der Waals surface area contributed by atoms with Gasteiger partial charge >= 0.3 is 5.97 Å². The predicted octanol–water partition coefficient (Wildman–Crippen LogP) is 3.40. The van der Waals surface area contributed by atoms with Crippen LogP contribution in [0.5, 0.6) is 5.75 Å². The minimum absolute atomic E-state index is 0.0246. The number of halogens is 4. The second-order valence-corrected chi connectivity index (χ2v) is 6.52. The van der Waals surface area contributed by atoms with Crippen LogP contribution in [0.3, 0.4) is 0 Å². The minimum atomic E-state index is -1.96. The molecule has 0 saturated heterocycles. The van der Waals surface area contributed by atoms with Gasteiger partial charge < -0.3 is 10.1 Å². The van der Waals surface area contributed by atoms with Gasteiger partial charge in [0.15, 0.2) is 17.5 Å². The van der Waals surface area contributed by atoms with Crippen molar-refractivity contribution < 1.29 is 31.9 Å². The lowest BCUT2D eigenvalue weighted by molar-refractivity contribution is -0.138. The maximum atomic E-state index is 13.7. The fourth-order valence-electron chi connectivity index (χ4n) is 1.73. The predicted molar refractivity (Wildman–Crippen MR) is 78.3 cm³/mol. The molecule has 134 valence electrons. The van der Waals surface area contributed by atoms with E-state index < -0.39 is 52.9 Å². The summed E-state index contributed by atoms with van der Waals surface area (Å²) in [6, 6.07) is 0. The molecule has 0 aromatic heterocycles. The highest BCUT2D eigenvalue weighted by Gasteiger charge is 2.26. The summed E-state index contributed by atoms with van der Waals surface area (Å²) in [6.45, 7) is 7.06. The fourth-order valence-corrected chi connectivity index (χ4v) is 1.73. The van der Waals surface area contributed by atoms with Crippen LogP contribution < -0.4 is 10.1 Å². The van der Waals surface area contributed by atoms with Crippen LogP contribution in [-0.2, 0) is 9.59 Å². The smallest absolute Gasteiger partial charge is 0.320 e. The maximum absolute atomic E-state index is 13.7. The SMILES string of the molecule is Cc1c(F)c(F)c(F)c(OC(=O)CC(=O)NCCC(C)(C)C)c1F. The van der Waals surface area contributed by atoms with Gasteiger partial charge in [-0.25, -0.2) is 13.2 Å². The molecule has 1 amide bonds. The van der Waals surface area contributed by atoms with Crippen molar-refractivity contribution in [2.75, 3.05) is 6.54 Å². The number of carbonyl (C=O) groups is 2. The van der Waals surface area contributed by atoms with Gasteiger partial charge in [0.1, 0.15) is 6.42 Å². The van der Waals surface area contributed by atoms with Crippen molar-refractivity contribution in [3.05, 3.63) is 28.8 Å². The molecule has 8 heteroatoms. The Bertz CT molecular complexity index is 625. The summed E-state index contributed by atoms with van der Waals surface area (Å²) in [7, 11) is 0. The van der Waals surface area contributed by atoms with Gasteiger partial charge in [-0.05, 0) is 18.8 Å². The van der Waals surface area contributed by atoms with Gasteiger partial charge in [-0.1, -0.05) is 20.8 Å². The Morgan fingerprint density at radius 2 is 1.58 bits per heavy atom. The van der Waals surface area contributed by atoms with Crippen LogP contribution in [0.1, 0.15) is 39.2 Å². The van der Waals surface area contributed by atoms with Gasteiger partial charge in [-0.3, -0.25) is 9.59 Å². The molecule has 0 aliphatic carbocycles. The summed E-state index contributed by atoms with van der Waals surface area (Å²) in [5, 5.41) is 2.46. The lowest BCUT2D eigenvalue weighted by atomic mass is 9.92. The first-order chi connectivity index (χ1) is 10.9. The van der Waals surface area contributed by atoms with E-state index >= 15 is 0 Å². The Morgan fingerprint density at radius 3 is 2.12 bits per heavy atom. The quantitative estimate of drug-likeness (QED) is 0.221. The summed E-state index contributed by atoms with van der Waals surface area (Å²) in [5.74, 6) is -10.5. The molecule has 1 aromatic carbocycles. The number of carbonyl (C=O) groups excluding carboxylic acids is 2. The molecule has 0 heterocycles. The van der Waals surface area contributed by atoms with E-state index in [0.29, 0.717) is 13.0 Å². The second kappa shape index (κ2) is 7.63. The zero-order chi connectivity index (χ0) is 18.7. The van der Waals surface area contributed by atoms with Crippen molar-refractivity contribution in [3.63, 3.8) is 0 Å². The number of hydrogen-bond donors (Lipinski definition) is 1. The molecule has 0 fully saturated rings.